The smallest absolute Gasteiger partial charge is 0.317 e. The normalized spacial score (nSPS) is 15.4. The summed E-state index contributed by atoms with van der Waals surface area (Å²) in [4.78, 5) is 29.8. The van der Waals surface area contributed by atoms with Crippen molar-refractivity contribution in [1.29, 1.82) is 0 Å². The number of fused-ring (bicyclic) bond motifs is 1. The minimum absolute atomic E-state index is 0.0555. The summed E-state index contributed by atoms with van der Waals surface area (Å²) in [5.41, 5.74) is 9.58. The van der Waals surface area contributed by atoms with Crippen LogP contribution in [0.5, 0.6) is 0 Å². The molecule has 0 radical (unpaired) electrons. The Morgan fingerprint density at radius 3 is 2.33 bits per heavy atom. The first-order chi connectivity index (χ1) is 20.6. The third-order valence-electron chi connectivity index (χ3n) is 7.58. The van der Waals surface area contributed by atoms with Gasteiger partial charge in [0.1, 0.15) is 17.7 Å². The van der Waals surface area contributed by atoms with Crippen molar-refractivity contribution in [3.05, 3.63) is 109 Å². The van der Waals surface area contributed by atoms with Gasteiger partial charge in [0.2, 0.25) is 0 Å². The molecule has 2 amide bonds. The van der Waals surface area contributed by atoms with Crippen LogP contribution in [0.1, 0.15) is 28.9 Å². The lowest BCUT2D eigenvalue weighted by Crippen LogP contribution is -2.53. The Morgan fingerprint density at radius 2 is 1.64 bits per heavy atom. The van der Waals surface area contributed by atoms with Gasteiger partial charge in [0, 0.05) is 32.7 Å². The number of nitrogen functional groups attached to an aromatic ring is 1. The van der Waals surface area contributed by atoms with Crippen LogP contribution in [0.15, 0.2) is 92.2 Å². The van der Waals surface area contributed by atoms with Gasteiger partial charge in [0.25, 0.3) is 0 Å². The van der Waals surface area contributed by atoms with E-state index in [1.807, 2.05) is 44.6 Å². The summed E-state index contributed by atoms with van der Waals surface area (Å²) in [5, 5.41) is 12.1. The highest BCUT2D eigenvalue weighted by atomic mass is 16.2. The molecule has 12 nitrogen and oxygen atoms in total. The van der Waals surface area contributed by atoms with E-state index in [1.165, 1.54) is 11.9 Å². The molecule has 6 rings (SSSR count). The summed E-state index contributed by atoms with van der Waals surface area (Å²) in [7, 11) is 0. The Hall–Kier alpha value is -5.10. The summed E-state index contributed by atoms with van der Waals surface area (Å²) in [5.74, 6) is 0.990. The quantitative estimate of drug-likeness (QED) is 0.261. The number of nitrogens with one attached hydrogen (secondary N) is 1. The highest BCUT2D eigenvalue weighted by Gasteiger charge is 2.35. The Morgan fingerprint density at radius 1 is 0.952 bits per heavy atom. The number of carbonyl (C=O) groups excluding carboxylic acids is 1. The van der Waals surface area contributed by atoms with E-state index in [2.05, 4.69) is 78.5 Å². The number of rotatable bonds is 9. The first-order valence-electron chi connectivity index (χ1n) is 13.9. The fraction of sp³-hybridized carbons (Fsp3) is 0.267. The Balaban J connectivity index is 1.33. The van der Waals surface area contributed by atoms with E-state index in [-0.39, 0.29) is 18.1 Å². The second-order valence-electron chi connectivity index (χ2n) is 10.2. The molecule has 3 aliphatic rings. The van der Waals surface area contributed by atoms with Gasteiger partial charge < -0.3 is 20.5 Å². The van der Waals surface area contributed by atoms with Crippen molar-refractivity contribution in [2.75, 3.05) is 38.5 Å². The van der Waals surface area contributed by atoms with Gasteiger partial charge in [0.05, 0.1) is 31.2 Å². The standard InChI is InChI=1S/C30H33N11O/c1-2-13-32-30(42)39-16-14-38(15-17-39)26(22-9-5-3-6-10-22)27(23-11-7-4-8-12-23)41-19-24(36-37-41)18-40-21-35-28(31)25-29(40)34-20-33-25/h2-12,19-21,26-27H,1,13-18,31H2,(H,32,42)/t26-,27+/m1/s1. The summed E-state index contributed by atoms with van der Waals surface area (Å²) < 4.78 is 3.82. The predicted octanol–water partition coefficient (Wildman–Crippen LogP) is 2.84. The molecule has 0 unspecified atom stereocenters. The summed E-state index contributed by atoms with van der Waals surface area (Å²) in [6, 6.07) is 20.5. The summed E-state index contributed by atoms with van der Waals surface area (Å²) >= 11 is 0. The first-order valence-corrected chi connectivity index (χ1v) is 13.9. The molecule has 4 heterocycles. The van der Waals surface area contributed by atoms with E-state index < -0.39 is 0 Å². The molecule has 3 N–H and O–H groups in total. The van der Waals surface area contributed by atoms with Crippen LogP contribution in [-0.2, 0) is 6.54 Å². The Kier molecular flexibility index (Phi) is 7.86. The van der Waals surface area contributed by atoms with Crippen LogP contribution in [0.2, 0.25) is 0 Å². The minimum atomic E-state index is -0.177. The van der Waals surface area contributed by atoms with Gasteiger partial charge >= 0.3 is 6.03 Å². The van der Waals surface area contributed by atoms with Gasteiger partial charge in [-0.3, -0.25) is 4.90 Å². The fourth-order valence-electron chi connectivity index (χ4n) is 5.56. The van der Waals surface area contributed by atoms with Gasteiger partial charge in [-0.2, -0.15) is 0 Å². The van der Waals surface area contributed by atoms with Gasteiger partial charge in [-0.05, 0) is 11.1 Å². The number of benzene rings is 2. The average Bonchev–Trinajstić information content (AvgIpc) is 3.72. The number of hydrogen-bond acceptors (Lipinski definition) is 8. The van der Waals surface area contributed by atoms with Crippen LogP contribution in [0.25, 0.3) is 11.5 Å². The number of aromatic nitrogens is 7. The number of anilines is 1. The number of imidazole rings is 1. The van der Waals surface area contributed by atoms with Crippen molar-refractivity contribution in [3.63, 3.8) is 0 Å². The molecular formula is C30H33N11O. The number of amides is 2. The van der Waals surface area contributed by atoms with E-state index in [1.54, 1.807) is 12.4 Å². The third kappa shape index (κ3) is 5.56. The maximum atomic E-state index is 12.6. The molecule has 2 atom stereocenters. The zero-order valence-corrected chi connectivity index (χ0v) is 23.2. The van der Waals surface area contributed by atoms with E-state index >= 15 is 0 Å². The van der Waals surface area contributed by atoms with Gasteiger partial charge in [-0.25, -0.2) is 24.4 Å². The molecule has 1 aromatic heterocycles. The van der Waals surface area contributed by atoms with Crippen molar-refractivity contribution in [2.45, 2.75) is 18.6 Å². The second kappa shape index (κ2) is 12.2. The number of carbonyl (C=O) groups is 1. The van der Waals surface area contributed by atoms with E-state index in [0.717, 1.165) is 11.3 Å². The molecule has 0 spiro atoms. The molecule has 1 fully saturated rings. The van der Waals surface area contributed by atoms with E-state index in [0.29, 0.717) is 56.6 Å². The molecule has 42 heavy (non-hydrogen) atoms. The predicted molar refractivity (Wildman–Crippen MR) is 158 cm³/mol. The molecule has 0 aliphatic carbocycles. The monoisotopic (exact) mass is 563 g/mol. The molecule has 214 valence electrons. The van der Waals surface area contributed by atoms with Gasteiger partial charge in [0.15, 0.2) is 11.6 Å². The van der Waals surface area contributed by atoms with Crippen LogP contribution in [0, 0.1) is 0 Å². The van der Waals surface area contributed by atoms with Crippen molar-refractivity contribution >= 4 is 11.8 Å². The zero-order valence-electron chi connectivity index (χ0n) is 23.2. The summed E-state index contributed by atoms with van der Waals surface area (Å²) in [6.07, 6.45) is 6.80. The van der Waals surface area contributed by atoms with Gasteiger partial charge in [-0.15, -0.1) is 11.7 Å². The maximum Gasteiger partial charge on any atom is 0.317 e. The van der Waals surface area contributed by atoms with Gasteiger partial charge in [-0.1, -0.05) is 72.0 Å². The largest absolute Gasteiger partial charge is 0.382 e. The molecule has 0 saturated carbocycles. The maximum absolute atomic E-state index is 12.6. The molecule has 1 saturated heterocycles. The van der Waals surface area contributed by atoms with E-state index in [9.17, 15) is 4.79 Å². The number of nitrogens with zero attached hydrogens (tertiary/aromatic N) is 9. The Labute approximate surface area is 243 Å². The lowest BCUT2D eigenvalue weighted by molar-refractivity contribution is 0.0877. The lowest BCUT2D eigenvalue weighted by atomic mass is 9.91. The Bertz CT molecular complexity index is 1590. The van der Waals surface area contributed by atoms with Crippen LogP contribution in [-0.4, -0.2) is 83.1 Å². The SMILES string of the molecule is C=CCNC(=O)N1CCN([C@H](c2ccccc2)[C@H](c2ccccc2)n2cc(Cn3cnc(N)c4ncnc3-4)nn2)CC1. The molecule has 3 aromatic rings. The molecule has 3 aliphatic heterocycles. The minimum Gasteiger partial charge on any atom is -0.382 e. The van der Waals surface area contributed by atoms with Crippen LogP contribution in [0.3, 0.4) is 0 Å². The third-order valence-corrected chi connectivity index (χ3v) is 7.58. The van der Waals surface area contributed by atoms with E-state index in [4.69, 9.17) is 5.73 Å². The molecular weight excluding hydrogens is 530 g/mol. The second-order valence-corrected chi connectivity index (χ2v) is 10.2. The summed E-state index contributed by atoms with van der Waals surface area (Å²) in [6.45, 7) is 7.22. The number of nitrogens with two attached hydrogens (primary N) is 1. The van der Waals surface area contributed by atoms with Crippen molar-refractivity contribution in [2.24, 2.45) is 0 Å². The fourth-order valence-corrected chi connectivity index (χ4v) is 5.56. The topological polar surface area (TPSA) is 136 Å². The average molecular weight is 564 g/mol. The van der Waals surface area contributed by atoms with Crippen LogP contribution >= 0.6 is 0 Å². The number of piperazine rings is 1. The highest BCUT2D eigenvalue weighted by Crippen LogP contribution is 2.37. The first kappa shape index (κ1) is 27.1. The van der Waals surface area contributed by atoms with Crippen LogP contribution in [0.4, 0.5) is 10.6 Å². The highest BCUT2D eigenvalue weighted by molar-refractivity contribution is 5.74. The number of urea groups is 1. The molecule has 12 heteroatoms. The molecule has 2 aromatic carbocycles. The number of hydrogen-bond donors (Lipinski definition) is 2. The van der Waals surface area contributed by atoms with Crippen molar-refractivity contribution < 1.29 is 4.79 Å². The zero-order chi connectivity index (χ0) is 28.9. The van der Waals surface area contributed by atoms with Crippen LogP contribution < -0.4 is 11.1 Å². The van der Waals surface area contributed by atoms with Crippen molar-refractivity contribution in [3.8, 4) is 11.5 Å². The molecule has 0 bridgehead atoms. The lowest BCUT2D eigenvalue weighted by Gasteiger charge is -2.42. The van der Waals surface area contributed by atoms with Crippen molar-refractivity contribution in [1.82, 2.24) is 49.6 Å².